The van der Waals surface area contributed by atoms with E-state index >= 15 is 0 Å². The molecule has 8 heteroatoms. The molecule has 1 aliphatic rings. The summed E-state index contributed by atoms with van der Waals surface area (Å²) < 4.78 is 18.0. The van der Waals surface area contributed by atoms with Gasteiger partial charge in [0.15, 0.2) is 11.5 Å². The molecule has 0 spiro atoms. The number of benzene rings is 2. The SMILES string of the molecule is COCCN1C(=O)/C(=C/c2ccc(OCc3ccc(Br)cc3)c(OC)c2)SC1=S. The second kappa shape index (κ2) is 10.2. The van der Waals surface area contributed by atoms with Gasteiger partial charge in [0.2, 0.25) is 0 Å². The number of hydrogen-bond acceptors (Lipinski definition) is 6. The zero-order valence-corrected chi connectivity index (χ0v) is 19.2. The molecule has 1 amide bonds. The Labute approximate surface area is 188 Å². The average Bonchev–Trinajstić information content (AvgIpc) is 2.99. The molecule has 1 saturated heterocycles. The Bertz CT molecular complexity index is 931. The van der Waals surface area contributed by atoms with E-state index in [-0.39, 0.29) is 5.91 Å². The number of halogens is 1. The third-order valence-electron chi connectivity index (χ3n) is 4.19. The highest BCUT2D eigenvalue weighted by Gasteiger charge is 2.31. The van der Waals surface area contributed by atoms with Gasteiger partial charge in [-0.25, -0.2) is 0 Å². The van der Waals surface area contributed by atoms with Crippen LogP contribution in [0.1, 0.15) is 11.1 Å². The molecule has 1 fully saturated rings. The van der Waals surface area contributed by atoms with Crippen LogP contribution in [0.15, 0.2) is 51.8 Å². The summed E-state index contributed by atoms with van der Waals surface area (Å²) in [7, 11) is 3.19. The van der Waals surface area contributed by atoms with E-state index in [1.54, 1.807) is 19.1 Å². The Balaban J connectivity index is 1.73. The smallest absolute Gasteiger partial charge is 0.266 e. The quantitative estimate of drug-likeness (QED) is 0.385. The minimum Gasteiger partial charge on any atom is -0.493 e. The second-order valence-corrected chi connectivity index (χ2v) is 8.74. The van der Waals surface area contributed by atoms with Gasteiger partial charge in [-0.2, -0.15) is 0 Å². The highest BCUT2D eigenvalue weighted by atomic mass is 79.9. The fourth-order valence-corrected chi connectivity index (χ4v) is 4.23. The lowest BCUT2D eigenvalue weighted by atomic mass is 10.1. The summed E-state index contributed by atoms with van der Waals surface area (Å²) in [4.78, 5) is 14.7. The van der Waals surface area contributed by atoms with Crippen LogP contribution in [0.5, 0.6) is 11.5 Å². The number of carbonyl (C=O) groups excluding carboxylic acids is 1. The maximum Gasteiger partial charge on any atom is 0.266 e. The number of ether oxygens (including phenoxy) is 3. The fraction of sp³-hybridized carbons (Fsp3) is 0.238. The molecular formula is C21H20BrNO4S2. The lowest BCUT2D eigenvalue weighted by Crippen LogP contribution is -2.31. The first-order chi connectivity index (χ1) is 14.0. The van der Waals surface area contributed by atoms with E-state index in [0.717, 1.165) is 15.6 Å². The zero-order valence-electron chi connectivity index (χ0n) is 16.0. The Morgan fingerprint density at radius 2 is 1.90 bits per heavy atom. The number of amides is 1. The van der Waals surface area contributed by atoms with Crippen LogP contribution >= 0.6 is 39.9 Å². The normalized spacial score (nSPS) is 15.3. The van der Waals surface area contributed by atoms with Crippen LogP contribution in [0.3, 0.4) is 0 Å². The molecule has 0 N–H and O–H groups in total. The molecule has 3 rings (SSSR count). The molecule has 0 atom stereocenters. The van der Waals surface area contributed by atoms with Crippen LogP contribution in [0.25, 0.3) is 6.08 Å². The Hall–Kier alpha value is -1.87. The van der Waals surface area contributed by atoms with Gasteiger partial charge in [-0.3, -0.25) is 9.69 Å². The fourth-order valence-electron chi connectivity index (χ4n) is 2.66. The monoisotopic (exact) mass is 493 g/mol. The van der Waals surface area contributed by atoms with E-state index in [0.29, 0.717) is 40.5 Å². The number of carbonyl (C=O) groups is 1. The van der Waals surface area contributed by atoms with Gasteiger partial charge in [-0.15, -0.1) is 0 Å². The number of rotatable bonds is 8. The molecule has 2 aromatic carbocycles. The summed E-state index contributed by atoms with van der Waals surface area (Å²) in [6.45, 7) is 1.32. The Kier molecular flexibility index (Phi) is 7.71. The standard InChI is InChI=1S/C21H20BrNO4S2/c1-25-10-9-23-20(24)19(29-21(23)28)12-15-5-8-17(18(11-15)26-2)27-13-14-3-6-16(22)7-4-14/h3-8,11-12H,9-10,13H2,1-2H3/b19-12-. The molecule has 5 nitrogen and oxygen atoms in total. The van der Waals surface area contributed by atoms with Gasteiger partial charge in [-0.05, 0) is 41.5 Å². The van der Waals surface area contributed by atoms with E-state index in [4.69, 9.17) is 26.4 Å². The maximum absolute atomic E-state index is 12.6. The minimum absolute atomic E-state index is 0.105. The van der Waals surface area contributed by atoms with Crippen LogP contribution in [0, 0.1) is 0 Å². The average molecular weight is 494 g/mol. The van der Waals surface area contributed by atoms with Crippen molar-refractivity contribution in [1.29, 1.82) is 0 Å². The van der Waals surface area contributed by atoms with Crippen molar-refractivity contribution in [3.8, 4) is 11.5 Å². The molecular weight excluding hydrogens is 474 g/mol. The highest BCUT2D eigenvalue weighted by Crippen LogP contribution is 2.34. The van der Waals surface area contributed by atoms with Gasteiger partial charge in [0.1, 0.15) is 10.9 Å². The third-order valence-corrected chi connectivity index (χ3v) is 6.09. The van der Waals surface area contributed by atoms with Gasteiger partial charge >= 0.3 is 0 Å². The summed E-state index contributed by atoms with van der Waals surface area (Å²) in [6.07, 6.45) is 1.81. The molecule has 1 aliphatic heterocycles. The number of nitrogens with zero attached hydrogens (tertiary/aromatic N) is 1. The number of methoxy groups -OCH3 is 2. The van der Waals surface area contributed by atoms with Gasteiger partial charge in [0.05, 0.1) is 25.2 Å². The van der Waals surface area contributed by atoms with Crippen LogP contribution in [-0.2, 0) is 16.1 Å². The van der Waals surface area contributed by atoms with Gasteiger partial charge in [0, 0.05) is 11.6 Å². The molecule has 0 aliphatic carbocycles. The van der Waals surface area contributed by atoms with E-state index in [2.05, 4.69) is 15.9 Å². The molecule has 0 radical (unpaired) electrons. The van der Waals surface area contributed by atoms with Crippen molar-refractivity contribution in [2.45, 2.75) is 6.61 Å². The van der Waals surface area contributed by atoms with Gasteiger partial charge in [0.25, 0.3) is 5.91 Å². The maximum atomic E-state index is 12.6. The molecule has 1 heterocycles. The zero-order chi connectivity index (χ0) is 20.8. The van der Waals surface area contributed by atoms with Crippen molar-refractivity contribution in [3.05, 3.63) is 63.0 Å². The van der Waals surface area contributed by atoms with Crippen molar-refractivity contribution < 1.29 is 19.0 Å². The van der Waals surface area contributed by atoms with Crippen LogP contribution < -0.4 is 9.47 Å². The number of hydrogen-bond donors (Lipinski definition) is 0. The van der Waals surface area contributed by atoms with E-state index in [9.17, 15) is 4.79 Å². The molecule has 0 aromatic heterocycles. The summed E-state index contributed by atoms with van der Waals surface area (Å²) in [6, 6.07) is 13.5. The number of thioether (sulfide) groups is 1. The molecule has 29 heavy (non-hydrogen) atoms. The predicted molar refractivity (Wildman–Crippen MR) is 123 cm³/mol. The van der Waals surface area contributed by atoms with E-state index in [1.165, 1.54) is 11.8 Å². The summed E-state index contributed by atoms with van der Waals surface area (Å²) in [5.41, 5.74) is 1.89. The van der Waals surface area contributed by atoms with Crippen LogP contribution in [0.4, 0.5) is 0 Å². The first-order valence-electron chi connectivity index (χ1n) is 8.81. The molecule has 0 bridgehead atoms. The Morgan fingerprint density at radius 3 is 2.59 bits per heavy atom. The molecule has 0 saturated carbocycles. The number of thiocarbonyl (C=S) groups is 1. The van der Waals surface area contributed by atoms with Gasteiger partial charge in [-0.1, -0.05) is 58.1 Å². The van der Waals surface area contributed by atoms with Crippen molar-refractivity contribution >= 4 is 56.2 Å². The first kappa shape index (κ1) is 21.8. The first-order valence-corrected chi connectivity index (χ1v) is 10.8. The topological polar surface area (TPSA) is 48.0 Å². The third kappa shape index (κ3) is 5.60. The lowest BCUT2D eigenvalue weighted by molar-refractivity contribution is -0.122. The van der Waals surface area contributed by atoms with E-state index in [1.807, 2.05) is 48.5 Å². The van der Waals surface area contributed by atoms with Crippen molar-refractivity contribution in [2.75, 3.05) is 27.4 Å². The highest BCUT2D eigenvalue weighted by molar-refractivity contribution is 9.10. The van der Waals surface area contributed by atoms with Crippen molar-refractivity contribution in [3.63, 3.8) is 0 Å². The molecule has 0 unspecified atom stereocenters. The van der Waals surface area contributed by atoms with Crippen LogP contribution in [0.2, 0.25) is 0 Å². The predicted octanol–water partition coefficient (Wildman–Crippen LogP) is 4.88. The van der Waals surface area contributed by atoms with Crippen molar-refractivity contribution in [1.82, 2.24) is 4.90 Å². The van der Waals surface area contributed by atoms with E-state index < -0.39 is 0 Å². The minimum atomic E-state index is -0.105. The molecule has 152 valence electrons. The summed E-state index contributed by atoms with van der Waals surface area (Å²) in [5, 5.41) is 0. The lowest BCUT2D eigenvalue weighted by Gasteiger charge is -2.13. The largest absolute Gasteiger partial charge is 0.493 e. The molecule has 2 aromatic rings. The Morgan fingerprint density at radius 1 is 1.14 bits per heavy atom. The second-order valence-electron chi connectivity index (χ2n) is 6.15. The summed E-state index contributed by atoms with van der Waals surface area (Å²) in [5.74, 6) is 1.14. The summed E-state index contributed by atoms with van der Waals surface area (Å²) >= 11 is 10.0. The van der Waals surface area contributed by atoms with Crippen LogP contribution in [-0.4, -0.2) is 42.5 Å². The van der Waals surface area contributed by atoms with Gasteiger partial charge < -0.3 is 14.2 Å². The van der Waals surface area contributed by atoms with Crippen molar-refractivity contribution in [2.24, 2.45) is 0 Å².